The number of rotatable bonds is 0. The van der Waals surface area contributed by atoms with Gasteiger partial charge < -0.3 is 0 Å². The molecule has 0 amide bonds. The monoisotopic (exact) mass is 136 g/mol. The lowest BCUT2D eigenvalue weighted by atomic mass is 9.64. The fourth-order valence-electron chi connectivity index (χ4n) is 2.24. The second kappa shape index (κ2) is 2.25. The quantitative estimate of drug-likeness (QED) is 0.465. The zero-order valence-corrected chi connectivity index (χ0v) is 6.10. The van der Waals surface area contributed by atoms with Gasteiger partial charge in [-0.25, -0.2) is 4.79 Å². The van der Waals surface area contributed by atoms with E-state index in [9.17, 15) is 4.79 Å². The summed E-state index contributed by atoms with van der Waals surface area (Å²) in [7, 11) is 0. The van der Waals surface area contributed by atoms with Gasteiger partial charge >= 0.3 is 0 Å². The molecular formula is C9H12O. The highest BCUT2D eigenvalue weighted by atomic mass is 16.1. The smallest absolute Gasteiger partial charge is 0.123 e. The maximum atomic E-state index is 10.4. The minimum atomic E-state index is 0.659. The molecule has 54 valence electrons. The summed E-state index contributed by atoms with van der Waals surface area (Å²) >= 11 is 0. The molecule has 2 unspecified atom stereocenters. The van der Waals surface area contributed by atoms with E-state index in [4.69, 9.17) is 0 Å². The maximum Gasteiger partial charge on any atom is 0.123 e. The summed E-state index contributed by atoms with van der Waals surface area (Å²) in [4.78, 5) is 10.4. The van der Waals surface area contributed by atoms with E-state index in [2.05, 4.69) is 5.94 Å². The number of carbonyl (C=O) groups excluding carboxylic acids is 1. The number of fused-ring (bicyclic) bond motifs is 1. The first-order valence-electron chi connectivity index (χ1n) is 4.15. The summed E-state index contributed by atoms with van der Waals surface area (Å²) in [5, 5.41) is 0. The molecule has 2 aliphatic rings. The SMILES string of the molecule is O=C=C1CCCC2CCC12. The van der Waals surface area contributed by atoms with Crippen molar-refractivity contribution in [1.29, 1.82) is 0 Å². The molecule has 2 rings (SSSR count). The van der Waals surface area contributed by atoms with Gasteiger partial charge in [-0.3, -0.25) is 0 Å². The normalized spacial score (nSPS) is 37.8. The second-order valence-corrected chi connectivity index (χ2v) is 3.46. The highest BCUT2D eigenvalue weighted by Gasteiger charge is 2.36. The zero-order chi connectivity index (χ0) is 6.97. The standard InChI is InChI=1S/C9H12O/c10-6-8-3-1-2-7-4-5-9(7)8/h7,9H,1-5H2. The van der Waals surface area contributed by atoms with Gasteiger partial charge in [-0.15, -0.1) is 0 Å². The number of allylic oxidation sites excluding steroid dienone is 1. The van der Waals surface area contributed by atoms with Gasteiger partial charge in [-0.2, -0.15) is 0 Å². The summed E-state index contributed by atoms with van der Waals surface area (Å²) in [6.07, 6.45) is 6.23. The summed E-state index contributed by atoms with van der Waals surface area (Å²) in [6.45, 7) is 0. The molecule has 1 heteroatoms. The molecule has 0 aromatic carbocycles. The zero-order valence-electron chi connectivity index (χ0n) is 6.10. The Morgan fingerprint density at radius 1 is 1.30 bits per heavy atom. The lowest BCUT2D eigenvalue weighted by Gasteiger charge is -2.40. The van der Waals surface area contributed by atoms with Gasteiger partial charge in [-0.05, 0) is 43.9 Å². The van der Waals surface area contributed by atoms with Crippen LogP contribution in [0.4, 0.5) is 0 Å². The molecule has 0 aliphatic heterocycles. The van der Waals surface area contributed by atoms with Crippen LogP contribution >= 0.6 is 0 Å². The first-order valence-corrected chi connectivity index (χ1v) is 4.15. The first kappa shape index (κ1) is 6.18. The second-order valence-electron chi connectivity index (χ2n) is 3.46. The number of hydrogen-bond acceptors (Lipinski definition) is 1. The Bertz CT molecular complexity index is 189. The molecule has 0 radical (unpaired) electrons. The van der Waals surface area contributed by atoms with Crippen molar-refractivity contribution >= 4 is 5.94 Å². The van der Waals surface area contributed by atoms with Crippen LogP contribution in [0.2, 0.25) is 0 Å². The van der Waals surface area contributed by atoms with E-state index < -0.39 is 0 Å². The lowest BCUT2D eigenvalue weighted by Crippen LogP contribution is -2.31. The molecule has 0 bridgehead atoms. The van der Waals surface area contributed by atoms with Crippen LogP contribution in [0.5, 0.6) is 0 Å². The van der Waals surface area contributed by atoms with E-state index in [1.165, 1.54) is 25.7 Å². The van der Waals surface area contributed by atoms with Gasteiger partial charge in [0.15, 0.2) is 0 Å². The third-order valence-corrected chi connectivity index (χ3v) is 3.02. The summed E-state index contributed by atoms with van der Waals surface area (Å²) in [5.41, 5.74) is 1.09. The van der Waals surface area contributed by atoms with E-state index in [0.29, 0.717) is 5.92 Å². The van der Waals surface area contributed by atoms with E-state index >= 15 is 0 Å². The van der Waals surface area contributed by atoms with Gasteiger partial charge in [0.2, 0.25) is 0 Å². The van der Waals surface area contributed by atoms with Crippen LogP contribution in [0, 0.1) is 11.8 Å². The Hall–Kier alpha value is -0.550. The molecule has 10 heavy (non-hydrogen) atoms. The fraction of sp³-hybridized carbons (Fsp3) is 0.778. The van der Waals surface area contributed by atoms with Crippen LogP contribution < -0.4 is 0 Å². The molecule has 1 nitrogen and oxygen atoms in total. The lowest BCUT2D eigenvalue weighted by molar-refractivity contribution is 0.169. The molecule has 0 aromatic rings. The first-order chi connectivity index (χ1) is 4.92. The molecule has 2 atom stereocenters. The van der Waals surface area contributed by atoms with Crippen molar-refractivity contribution in [2.45, 2.75) is 32.1 Å². The van der Waals surface area contributed by atoms with Crippen molar-refractivity contribution in [3.8, 4) is 0 Å². The third-order valence-electron chi connectivity index (χ3n) is 3.02. The molecule has 2 aliphatic carbocycles. The Labute approximate surface area is 61.1 Å². The van der Waals surface area contributed by atoms with E-state index in [1.54, 1.807) is 0 Å². The van der Waals surface area contributed by atoms with Crippen LogP contribution in [0.15, 0.2) is 5.57 Å². The minimum absolute atomic E-state index is 0.659. The predicted octanol–water partition coefficient (Wildman–Crippen LogP) is 1.95. The van der Waals surface area contributed by atoms with E-state index in [1.807, 2.05) is 0 Å². The van der Waals surface area contributed by atoms with Crippen LogP contribution in [0.3, 0.4) is 0 Å². The molecule has 2 saturated carbocycles. The van der Waals surface area contributed by atoms with Crippen molar-refractivity contribution in [2.75, 3.05) is 0 Å². The highest BCUT2D eigenvalue weighted by molar-refractivity contribution is 5.54. The molecule has 0 saturated heterocycles. The number of hydrogen-bond donors (Lipinski definition) is 0. The summed E-state index contributed by atoms with van der Waals surface area (Å²) < 4.78 is 0. The van der Waals surface area contributed by atoms with Crippen molar-refractivity contribution in [3.05, 3.63) is 5.57 Å². The van der Waals surface area contributed by atoms with Crippen molar-refractivity contribution in [3.63, 3.8) is 0 Å². The molecular weight excluding hydrogens is 124 g/mol. The average molecular weight is 136 g/mol. The summed E-state index contributed by atoms with van der Waals surface area (Å²) in [5.74, 6) is 3.63. The molecule has 0 N–H and O–H groups in total. The van der Waals surface area contributed by atoms with Crippen molar-refractivity contribution < 1.29 is 4.79 Å². The van der Waals surface area contributed by atoms with Crippen molar-refractivity contribution in [1.82, 2.24) is 0 Å². The van der Waals surface area contributed by atoms with Crippen LogP contribution in [0.1, 0.15) is 32.1 Å². The minimum Gasteiger partial charge on any atom is -0.234 e. The van der Waals surface area contributed by atoms with Gasteiger partial charge in [0.25, 0.3) is 0 Å². The van der Waals surface area contributed by atoms with Crippen molar-refractivity contribution in [2.24, 2.45) is 11.8 Å². The largest absolute Gasteiger partial charge is 0.234 e. The van der Waals surface area contributed by atoms with Crippen LogP contribution in [-0.4, -0.2) is 5.94 Å². The molecule has 2 fully saturated rings. The fourth-order valence-corrected chi connectivity index (χ4v) is 2.24. The van der Waals surface area contributed by atoms with Gasteiger partial charge in [0.05, 0.1) is 0 Å². The Balaban J connectivity index is 2.15. The predicted molar refractivity (Wildman–Crippen MR) is 39.3 cm³/mol. The molecule has 0 aromatic heterocycles. The van der Waals surface area contributed by atoms with Gasteiger partial charge in [0.1, 0.15) is 5.94 Å². The summed E-state index contributed by atoms with van der Waals surface area (Å²) in [6, 6.07) is 0. The maximum absolute atomic E-state index is 10.4. The van der Waals surface area contributed by atoms with Crippen LogP contribution in [0.25, 0.3) is 0 Å². The Morgan fingerprint density at radius 3 is 2.70 bits per heavy atom. The Morgan fingerprint density at radius 2 is 2.20 bits per heavy atom. The van der Waals surface area contributed by atoms with E-state index in [-0.39, 0.29) is 0 Å². The van der Waals surface area contributed by atoms with E-state index in [0.717, 1.165) is 17.9 Å². The van der Waals surface area contributed by atoms with Gasteiger partial charge in [-0.1, -0.05) is 0 Å². The topological polar surface area (TPSA) is 17.1 Å². The average Bonchev–Trinajstić information content (AvgIpc) is 1.91. The third kappa shape index (κ3) is 0.741. The molecule has 0 heterocycles. The van der Waals surface area contributed by atoms with Crippen LogP contribution in [-0.2, 0) is 4.79 Å². The van der Waals surface area contributed by atoms with Gasteiger partial charge in [0, 0.05) is 5.57 Å². The Kier molecular flexibility index (Phi) is 1.39. The molecule has 0 spiro atoms. The highest BCUT2D eigenvalue weighted by Crippen LogP contribution is 2.46.